The van der Waals surface area contributed by atoms with Crippen molar-refractivity contribution >= 4 is 10.8 Å². The van der Waals surface area contributed by atoms with E-state index in [0.29, 0.717) is 0 Å². The second-order valence-electron chi connectivity index (χ2n) is 7.47. The third kappa shape index (κ3) is 3.86. The first-order chi connectivity index (χ1) is 14.0. The van der Waals surface area contributed by atoms with Crippen molar-refractivity contribution in [2.24, 2.45) is 0 Å². The van der Waals surface area contributed by atoms with Crippen LogP contribution in [0, 0.1) is 20.8 Å². The Labute approximate surface area is 184 Å². The zero-order valence-electron chi connectivity index (χ0n) is 18.0. The van der Waals surface area contributed by atoms with Crippen molar-refractivity contribution < 1.29 is 26.4 Å². The Hall–Kier alpha value is -3.04. The number of fused-ring (bicyclic) bond motifs is 1. The molecule has 1 aromatic heterocycles. The lowest BCUT2D eigenvalue weighted by atomic mass is 10.00. The van der Waals surface area contributed by atoms with E-state index in [1.165, 1.54) is 11.1 Å². The van der Waals surface area contributed by atoms with Gasteiger partial charge in [-0.15, -0.1) is 0 Å². The summed E-state index contributed by atoms with van der Waals surface area (Å²) in [6.45, 7) is 6.37. The summed E-state index contributed by atoms with van der Waals surface area (Å²) >= 11 is 0. The highest BCUT2D eigenvalue weighted by molar-refractivity contribution is 5.95. The van der Waals surface area contributed by atoms with Crippen molar-refractivity contribution in [3.8, 4) is 28.4 Å². The fourth-order valence-electron chi connectivity index (χ4n) is 3.83. The Bertz CT molecular complexity index is 1180. The van der Waals surface area contributed by atoms with E-state index >= 15 is 0 Å². The van der Waals surface area contributed by atoms with Crippen molar-refractivity contribution in [1.82, 2.24) is 0 Å². The molecular formula is C26H26ClNO2. The predicted octanol–water partition coefficient (Wildman–Crippen LogP) is 2.73. The molecule has 0 saturated heterocycles. The number of aryl methyl sites for hydroxylation is 3. The van der Waals surface area contributed by atoms with Crippen LogP contribution in [0.2, 0.25) is 0 Å². The number of halogens is 1. The van der Waals surface area contributed by atoms with Crippen LogP contribution >= 0.6 is 0 Å². The lowest BCUT2D eigenvalue weighted by Crippen LogP contribution is -3.00. The van der Waals surface area contributed by atoms with E-state index in [-0.39, 0.29) is 12.4 Å². The third-order valence-corrected chi connectivity index (χ3v) is 5.37. The van der Waals surface area contributed by atoms with E-state index in [4.69, 9.17) is 9.47 Å². The highest BCUT2D eigenvalue weighted by Gasteiger charge is 2.24. The number of nitrogens with zero attached hydrogens (tertiary/aromatic N) is 1. The predicted molar refractivity (Wildman–Crippen MR) is 118 cm³/mol. The lowest BCUT2D eigenvalue weighted by molar-refractivity contribution is -0.589. The minimum Gasteiger partial charge on any atom is -1.00 e. The number of hydrogen-bond donors (Lipinski definition) is 0. The lowest BCUT2D eigenvalue weighted by Gasteiger charge is -2.14. The fraction of sp³-hybridized carbons (Fsp3) is 0.192. The molecule has 0 aliphatic rings. The first-order valence-electron chi connectivity index (χ1n) is 9.77. The molecule has 0 N–H and O–H groups in total. The summed E-state index contributed by atoms with van der Waals surface area (Å²) in [5.41, 5.74) is 7.09. The van der Waals surface area contributed by atoms with Crippen LogP contribution in [0.25, 0.3) is 27.7 Å². The van der Waals surface area contributed by atoms with E-state index in [0.717, 1.165) is 44.9 Å². The molecule has 0 aliphatic heterocycles. The molecule has 4 aromatic rings. The van der Waals surface area contributed by atoms with Gasteiger partial charge in [-0.25, -0.2) is 0 Å². The third-order valence-electron chi connectivity index (χ3n) is 5.37. The van der Waals surface area contributed by atoms with Gasteiger partial charge in [-0.1, -0.05) is 35.4 Å². The van der Waals surface area contributed by atoms with Gasteiger partial charge in [0.25, 0.3) is 0 Å². The summed E-state index contributed by atoms with van der Waals surface area (Å²) in [5.74, 6) is 1.47. The largest absolute Gasteiger partial charge is 1.00 e. The summed E-state index contributed by atoms with van der Waals surface area (Å²) < 4.78 is 13.5. The number of benzene rings is 3. The molecule has 154 valence electrons. The van der Waals surface area contributed by atoms with E-state index in [1.807, 2.05) is 0 Å². The van der Waals surface area contributed by atoms with E-state index in [9.17, 15) is 0 Å². The van der Waals surface area contributed by atoms with Crippen molar-refractivity contribution in [2.75, 3.05) is 14.2 Å². The summed E-state index contributed by atoms with van der Waals surface area (Å²) in [7, 11) is 3.35. The zero-order chi connectivity index (χ0) is 20.5. The molecule has 0 atom stereocenters. The van der Waals surface area contributed by atoms with Crippen LogP contribution in [0.1, 0.15) is 16.8 Å². The quantitative estimate of drug-likeness (QED) is 0.474. The first-order valence-corrected chi connectivity index (χ1v) is 9.77. The van der Waals surface area contributed by atoms with Crippen LogP contribution in [0.5, 0.6) is 11.5 Å². The molecule has 4 rings (SSSR count). The smallest absolute Gasteiger partial charge is 0.226 e. The van der Waals surface area contributed by atoms with Gasteiger partial charge in [-0.05, 0) is 43.5 Å². The van der Waals surface area contributed by atoms with Gasteiger partial charge in [0.15, 0.2) is 17.2 Å². The second kappa shape index (κ2) is 8.76. The number of ether oxygens (including phenoxy) is 2. The molecule has 0 bridgehead atoms. The fourth-order valence-corrected chi connectivity index (χ4v) is 3.83. The maximum absolute atomic E-state index is 5.61. The van der Waals surface area contributed by atoms with Crippen LogP contribution in [-0.4, -0.2) is 14.2 Å². The van der Waals surface area contributed by atoms with Gasteiger partial charge in [0.2, 0.25) is 11.4 Å². The molecule has 30 heavy (non-hydrogen) atoms. The highest BCUT2D eigenvalue weighted by Crippen LogP contribution is 2.36. The number of rotatable bonds is 4. The van der Waals surface area contributed by atoms with Crippen LogP contribution in [0.4, 0.5) is 0 Å². The molecule has 0 radical (unpaired) electrons. The minimum atomic E-state index is 0. The number of hydrogen-bond acceptors (Lipinski definition) is 2. The molecule has 4 heteroatoms. The molecule has 1 heterocycles. The van der Waals surface area contributed by atoms with Crippen molar-refractivity contribution in [3.63, 3.8) is 0 Å². The van der Waals surface area contributed by atoms with Gasteiger partial charge < -0.3 is 21.9 Å². The zero-order valence-corrected chi connectivity index (χ0v) is 18.7. The topological polar surface area (TPSA) is 22.3 Å². The molecule has 3 nitrogen and oxygen atoms in total. The SMILES string of the molecule is COc1cc2cc(C)[n+](-c3ccc(C)cc3)c(-c3ccc(C)cc3)c2cc1OC.[Cl-]. The number of methoxy groups -OCH3 is 2. The number of aromatic nitrogens is 1. The van der Waals surface area contributed by atoms with Crippen molar-refractivity contribution in [3.05, 3.63) is 83.6 Å². The maximum Gasteiger partial charge on any atom is 0.226 e. The molecular weight excluding hydrogens is 394 g/mol. The normalized spacial score (nSPS) is 10.6. The van der Waals surface area contributed by atoms with Gasteiger partial charge >= 0.3 is 0 Å². The van der Waals surface area contributed by atoms with Crippen LogP contribution < -0.4 is 26.4 Å². The van der Waals surface area contributed by atoms with E-state index in [2.05, 4.69) is 92.1 Å². The molecule has 0 fully saturated rings. The average Bonchev–Trinajstić information content (AvgIpc) is 2.73. The standard InChI is InChI=1S/C26H26NO2.ClH/c1-17-6-10-20(11-7-17)26-23-16-25(29-5)24(28-4)15-21(23)14-19(3)27(26)22-12-8-18(2)9-13-22;/h6-16H,1-5H3;1H/q+1;/p-1. The Morgan fingerprint density at radius 1 is 0.667 bits per heavy atom. The van der Waals surface area contributed by atoms with Crippen LogP contribution in [0.3, 0.4) is 0 Å². The summed E-state index contributed by atoms with van der Waals surface area (Å²) in [6, 6.07) is 23.7. The summed E-state index contributed by atoms with van der Waals surface area (Å²) in [6.07, 6.45) is 0. The molecule has 0 aliphatic carbocycles. The molecule has 0 amide bonds. The Morgan fingerprint density at radius 3 is 1.77 bits per heavy atom. The monoisotopic (exact) mass is 419 g/mol. The molecule has 0 spiro atoms. The van der Waals surface area contributed by atoms with Gasteiger partial charge in [0.1, 0.15) is 0 Å². The van der Waals surface area contributed by atoms with Crippen molar-refractivity contribution in [2.45, 2.75) is 20.8 Å². The number of pyridine rings is 1. The first kappa shape index (κ1) is 21.7. The van der Waals surface area contributed by atoms with Gasteiger partial charge in [-0.2, -0.15) is 4.57 Å². The van der Waals surface area contributed by atoms with Gasteiger partial charge in [0.05, 0.1) is 19.6 Å². The maximum atomic E-state index is 5.61. The van der Waals surface area contributed by atoms with Gasteiger partial charge in [0, 0.05) is 30.7 Å². The Kier molecular flexibility index (Phi) is 6.33. The summed E-state index contributed by atoms with van der Waals surface area (Å²) in [4.78, 5) is 0. The molecule has 0 saturated carbocycles. The highest BCUT2D eigenvalue weighted by atomic mass is 35.5. The molecule has 0 unspecified atom stereocenters. The Balaban J connectivity index is 0.00000256. The summed E-state index contributed by atoms with van der Waals surface area (Å²) in [5, 5.41) is 2.25. The van der Waals surface area contributed by atoms with Crippen LogP contribution in [-0.2, 0) is 0 Å². The molecule has 3 aromatic carbocycles. The van der Waals surface area contributed by atoms with E-state index < -0.39 is 0 Å². The van der Waals surface area contributed by atoms with Crippen molar-refractivity contribution in [1.29, 1.82) is 0 Å². The minimum absolute atomic E-state index is 0. The van der Waals surface area contributed by atoms with Gasteiger partial charge in [-0.3, -0.25) is 0 Å². The second-order valence-corrected chi connectivity index (χ2v) is 7.47. The van der Waals surface area contributed by atoms with E-state index in [1.54, 1.807) is 14.2 Å². The average molecular weight is 420 g/mol. The Morgan fingerprint density at radius 2 is 1.20 bits per heavy atom. The van der Waals surface area contributed by atoms with Crippen LogP contribution in [0.15, 0.2) is 66.7 Å².